The van der Waals surface area contributed by atoms with Crippen LogP contribution in [-0.2, 0) is 0 Å². The predicted molar refractivity (Wildman–Crippen MR) is 88.6 cm³/mol. The second-order valence-electron chi connectivity index (χ2n) is 5.53. The van der Waals surface area contributed by atoms with Gasteiger partial charge in [0, 0.05) is 13.1 Å². The summed E-state index contributed by atoms with van der Waals surface area (Å²) in [5.74, 6) is 0.490. The van der Waals surface area contributed by atoms with Crippen LogP contribution in [0, 0.1) is 12.8 Å². The lowest BCUT2D eigenvalue weighted by molar-refractivity contribution is 0.0787. The number of carbonyl (C=O) groups excluding carboxylic acids is 1. The van der Waals surface area contributed by atoms with E-state index in [0.29, 0.717) is 18.0 Å². The minimum atomic E-state index is 0. The van der Waals surface area contributed by atoms with Crippen molar-refractivity contribution in [3.8, 4) is 5.69 Å². The van der Waals surface area contributed by atoms with Gasteiger partial charge in [-0.25, -0.2) is 4.68 Å². The summed E-state index contributed by atoms with van der Waals surface area (Å²) in [5.41, 5.74) is 8.21. The van der Waals surface area contributed by atoms with Gasteiger partial charge in [0.25, 0.3) is 5.91 Å². The van der Waals surface area contributed by atoms with Crippen LogP contribution >= 0.6 is 12.4 Å². The summed E-state index contributed by atoms with van der Waals surface area (Å²) in [6.07, 6.45) is 2.66. The van der Waals surface area contributed by atoms with Crippen LogP contribution in [0.2, 0.25) is 0 Å². The third-order valence-electron chi connectivity index (χ3n) is 4.15. The Morgan fingerprint density at radius 3 is 2.73 bits per heavy atom. The van der Waals surface area contributed by atoms with Gasteiger partial charge in [-0.15, -0.1) is 12.4 Å². The van der Waals surface area contributed by atoms with Crippen molar-refractivity contribution in [1.82, 2.24) is 14.7 Å². The highest BCUT2D eigenvalue weighted by Crippen LogP contribution is 2.20. The van der Waals surface area contributed by atoms with Gasteiger partial charge in [0.1, 0.15) is 0 Å². The van der Waals surface area contributed by atoms with Gasteiger partial charge >= 0.3 is 0 Å². The van der Waals surface area contributed by atoms with Crippen LogP contribution in [0.25, 0.3) is 5.69 Å². The first-order valence-corrected chi connectivity index (χ1v) is 7.30. The molecule has 6 heteroatoms. The average Bonchev–Trinajstić information content (AvgIpc) is 3.14. The standard InChI is InChI=1S/C16H20N4O.ClH/c1-12-15(16(21)19-8-7-13(9-17)11-19)10-18-20(12)14-5-3-2-4-6-14;/h2-6,10,13H,7-9,11,17H2,1H3;1H. The van der Waals surface area contributed by atoms with E-state index >= 15 is 0 Å². The summed E-state index contributed by atoms with van der Waals surface area (Å²) in [5, 5.41) is 4.36. The van der Waals surface area contributed by atoms with Crippen LogP contribution in [0.5, 0.6) is 0 Å². The Labute approximate surface area is 136 Å². The highest BCUT2D eigenvalue weighted by Gasteiger charge is 2.28. The molecule has 0 aliphatic carbocycles. The van der Waals surface area contributed by atoms with Crippen molar-refractivity contribution >= 4 is 18.3 Å². The Kier molecular flexibility index (Phi) is 5.21. The summed E-state index contributed by atoms with van der Waals surface area (Å²) in [4.78, 5) is 14.5. The first-order chi connectivity index (χ1) is 10.2. The lowest BCUT2D eigenvalue weighted by Crippen LogP contribution is -2.30. The van der Waals surface area contributed by atoms with Crippen LogP contribution in [0.1, 0.15) is 22.5 Å². The maximum Gasteiger partial charge on any atom is 0.257 e. The molecule has 1 atom stereocenters. The van der Waals surface area contributed by atoms with Gasteiger partial charge in [-0.1, -0.05) is 18.2 Å². The van der Waals surface area contributed by atoms with Crippen molar-refractivity contribution in [3.63, 3.8) is 0 Å². The van der Waals surface area contributed by atoms with E-state index in [0.717, 1.165) is 30.9 Å². The molecule has 0 radical (unpaired) electrons. The molecule has 1 aliphatic heterocycles. The number of aromatic nitrogens is 2. The van der Waals surface area contributed by atoms with E-state index < -0.39 is 0 Å². The molecule has 1 aliphatic rings. The van der Waals surface area contributed by atoms with Gasteiger partial charge < -0.3 is 10.6 Å². The molecule has 22 heavy (non-hydrogen) atoms. The molecule has 2 N–H and O–H groups in total. The van der Waals surface area contributed by atoms with Crippen LogP contribution in [0.3, 0.4) is 0 Å². The molecule has 5 nitrogen and oxygen atoms in total. The molecule has 0 spiro atoms. The fourth-order valence-corrected chi connectivity index (χ4v) is 2.83. The average molecular weight is 321 g/mol. The van der Waals surface area contributed by atoms with E-state index in [1.54, 1.807) is 6.20 Å². The number of hydrogen-bond donors (Lipinski definition) is 1. The van der Waals surface area contributed by atoms with Gasteiger partial charge in [0.2, 0.25) is 0 Å². The largest absolute Gasteiger partial charge is 0.338 e. The van der Waals surface area contributed by atoms with Crippen LogP contribution in [0.15, 0.2) is 36.5 Å². The number of nitrogens with two attached hydrogens (primary N) is 1. The van der Waals surface area contributed by atoms with Gasteiger partial charge in [-0.2, -0.15) is 5.10 Å². The predicted octanol–water partition coefficient (Wildman–Crippen LogP) is 2.02. The molecule has 1 aromatic carbocycles. The Balaban J connectivity index is 0.00000176. The smallest absolute Gasteiger partial charge is 0.257 e. The van der Waals surface area contributed by atoms with Gasteiger partial charge in [0.05, 0.1) is 23.1 Å². The normalized spacial score (nSPS) is 17.4. The topological polar surface area (TPSA) is 64.2 Å². The summed E-state index contributed by atoms with van der Waals surface area (Å²) < 4.78 is 1.81. The highest BCUT2D eigenvalue weighted by molar-refractivity contribution is 5.95. The minimum Gasteiger partial charge on any atom is -0.338 e. The van der Waals surface area contributed by atoms with Crippen molar-refractivity contribution in [3.05, 3.63) is 47.8 Å². The van der Waals surface area contributed by atoms with Gasteiger partial charge in [-0.05, 0) is 37.9 Å². The number of nitrogens with zero attached hydrogens (tertiary/aromatic N) is 3. The molecule has 1 saturated heterocycles. The number of amides is 1. The monoisotopic (exact) mass is 320 g/mol. The minimum absolute atomic E-state index is 0. The van der Waals surface area contributed by atoms with Crippen LogP contribution < -0.4 is 5.73 Å². The second-order valence-corrected chi connectivity index (χ2v) is 5.53. The molecule has 1 amide bonds. The molecule has 1 aromatic heterocycles. The van der Waals surface area contributed by atoms with Crippen molar-refractivity contribution in [1.29, 1.82) is 0 Å². The summed E-state index contributed by atoms with van der Waals surface area (Å²) in [7, 11) is 0. The molecular formula is C16H21ClN4O. The maximum atomic E-state index is 12.6. The number of para-hydroxylation sites is 1. The number of carbonyl (C=O) groups is 1. The Morgan fingerprint density at radius 2 is 2.09 bits per heavy atom. The van der Waals surface area contributed by atoms with Crippen molar-refractivity contribution in [2.24, 2.45) is 11.7 Å². The molecule has 1 unspecified atom stereocenters. The van der Waals surface area contributed by atoms with Crippen LogP contribution in [0.4, 0.5) is 0 Å². The number of hydrogen-bond acceptors (Lipinski definition) is 3. The zero-order chi connectivity index (χ0) is 14.8. The van der Waals surface area contributed by atoms with E-state index in [-0.39, 0.29) is 18.3 Å². The number of benzene rings is 1. The molecule has 1 fully saturated rings. The fraction of sp³-hybridized carbons (Fsp3) is 0.375. The first kappa shape index (κ1) is 16.5. The second kappa shape index (κ2) is 6.94. The molecule has 0 bridgehead atoms. The van der Waals surface area contributed by atoms with Crippen molar-refractivity contribution < 1.29 is 4.79 Å². The summed E-state index contributed by atoms with van der Waals surface area (Å²) in [6, 6.07) is 9.85. The first-order valence-electron chi connectivity index (χ1n) is 7.30. The number of rotatable bonds is 3. The number of halogens is 1. The molecule has 118 valence electrons. The summed E-state index contributed by atoms with van der Waals surface area (Å²) >= 11 is 0. The third-order valence-corrected chi connectivity index (χ3v) is 4.15. The maximum absolute atomic E-state index is 12.6. The van der Waals surface area contributed by atoms with Crippen molar-refractivity contribution in [2.45, 2.75) is 13.3 Å². The van der Waals surface area contributed by atoms with E-state index in [1.807, 2.05) is 46.8 Å². The van der Waals surface area contributed by atoms with Gasteiger partial charge in [-0.3, -0.25) is 4.79 Å². The quantitative estimate of drug-likeness (QED) is 0.941. The van der Waals surface area contributed by atoms with E-state index in [1.165, 1.54) is 0 Å². The Bertz CT molecular complexity index is 641. The SMILES string of the molecule is Cc1c(C(=O)N2CCC(CN)C2)cnn1-c1ccccc1.Cl. The zero-order valence-electron chi connectivity index (χ0n) is 12.6. The lowest BCUT2D eigenvalue weighted by Gasteiger charge is -2.16. The van der Waals surface area contributed by atoms with E-state index in [2.05, 4.69) is 5.10 Å². The van der Waals surface area contributed by atoms with Crippen LogP contribution in [-0.4, -0.2) is 40.2 Å². The molecule has 3 rings (SSSR count). The Hall–Kier alpha value is -1.85. The number of likely N-dealkylation sites (tertiary alicyclic amines) is 1. The van der Waals surface area contributed by atoms with E-state index in [9.17, 15) is 4.79 Å². The lowest BCUT2D eigenvalue weighted by atomic mass is 10.1. The zero-order valence-corrected chi connectivity index (χ0v) is 13.4. The fourth-order valence-electron chi connectivity index (χ4n) is 2.83. The molecule has 2 heterocycles. The summed E-state index contributed by atoms with van der Waals surface area (Å²) in [6.45, 7) is 4.12. The van der Waals surface area contributed by atoms with Crippen molar-refractivity contribution in [2.75, 3.05) is 19.6 Å². The molecular weight excluding hydrogens is 300 g/mol. The van der Waals surface area contributed by atoms with E-state index in [4.69, 9.17) is 5.73 Å². The Morgan fingerprint density at radius 1 is 1.36 bits per heavy atom. The molecule has 2 aromatic rings. The molecule has 0 saturated carbocycles. The third kappa shape index (κ3) is 3.00. The highest BCUT2D eigenvalue weighted by atomic mass is 35.5. The van der Waals surface area contributed by atoms with Gasteiger partial charge in [0.15, 0.2) is 0 Å².